The zero-order valence-electron chi connectivity index (χ0n) is 45.9. The Hall–Kier alpha value is -1.61. The fourth-order valence-corrected chi connectivity index (χ4v) is 20.7. The summed E-state index contributed by atoms with van der Waals surface area (Å²) < 4.78 is 52.6. The van der Waals surface area contributed by atoms with Crippen LogP contribution in [0.1, 0.15) is 169 Å². The first-order valence-electron chi connectivity index (χ1n) is 28.3. The molecule has 0 radical (unpaired) electrons. The number of hydrogen-bond acceptors (Lipinski definition) is 10. The third-order valence-corrected chi connectivity index (χ3v) is 25.3. The molecule has 20 atom stereocenters. The van der Waals surface area contributed by atoms with Crippen molar-refractivity contribution in [2.75, 3.05) is 13.2 Å². The number of aliphatic hydroxyl groups excluding tert-OH is 3. The molecule has 2 unspecified atom stereocenters. The van der Waals surface area contributed by atoms with Crippen molar-refractivity contribution in [3.63, 3.8) is 0 Å². The Morgan fingerprint density at radius 2 is 0.959 bits per heavy atom. The van der Waals surface area contributed by atoms with Crippen LogP contribution in [0.25, 0.3) is 0 Å². The average molecular weight is 1070 g/mol. The molecule has 8 fully saturated rings. The summed E-state index contributed by atoms with van der Waals surface area (Å²) in [7, 11) is -2.25. The lowest BCUT2D eigenvalue weighted by molar-refractivity contribution is -0.190. The highest BCUT2D eigenvalue weighted by molar-refractivity contribution is 8.13. The van der Waals surface area contributed by atoms with Crippen LogP contribution < -0.4 is 0 Å². The van der Waals surface area contributed by atoms with Crippen LogP contribution in [-0.4, -0.2) is 79.0 Å². The van der Waals surface area contributed by atoms with E-state index in [2.05, 4.69) is 41.5 Å². The van der Waals surface area contributed by atoms with E-state index in [1.165, 1.54) is 37.8 Å². The van der Waals surface area contributed by atoms with E-state index >= 15 is 0 Å². The van der Waals surface area contributed by atoms with E-state index in [-0.39, 0.29) is 62.8 Å². The number of aryl methyl sites for hydroxylation is 2. The number of rotatable bonds is 8. The second-order valence-corrected chi connectivity index (χ2v) is 31.6. The van der Waals surface area contributed by atoms with Gasteiger partial charge in [0.15, 0.2) is 0 Å². The summed E-state index contributed by atoms with van der Waals surface area (Å²) in [4.78, 5) is 0.355. The second-order valence-electron chi connectivity index (χ2n) is 27.4. The minimum atomic E-state index is -3.78. The molecule has 0 aliphatic heterocycles. The summed E-state index contributed by atoms with van der Waals surface area (Å²) in [6.45, 7) is 22.2. The summed E-state index contributed by atoms with van der Waals surface area (Å²) in [5.41, 5.74) is 1.41. The van der Waals surface area contributed by atoms with Gasteiger partial charge >= 0.3 is 0 Å². The number of hydrogen-bond donors (Lipinski definition) is 5. The molecule has 10 rings (SSSR count). The second kappa shape index (κ2) is 20.9. The first-order valence-corrected chi connectivity index (χ1v) is 32.0. The van der Waals surface area contributed by atoms with E-state index in [0.717, 1.165) is 88.2 Å². The first-order chi connectivity index (χ1) is 33.9. The largest absolute Gasteiger partial charge is 0.396 e. The third kappa shape index (κ3) is 11.1. The van der Waals surface area contributed by atoms with Gasteiger partial charge in [0.1, 0.15) is 0 Å². The van der Waals surface area contributed by atoms with E-state index < -0.39 is 30.4 Å². The number of aliphatic hydroxyl groups is 5. The predicted octanol–water partition coefficient (Wildman–Crippen LogP) is 11.6. The molecule has 2 aromatic rings. The van der Waals surface area contributed by atoms with Crippen LogP contribution in [0.5, 0.6) is 0 Å². The molecule has 73 heavy (non-hydrogen) atoms. The molecular formula is C60H93ClO10S2. The van der Waals surface area contributed by atoms with Crippen LogP contribution >= 0.6 is 10.7 Å². The van der Waals surface area contributed by atoms with Crippen molar-refractivity contribution in [3.8, 4) is 0 Å². The van der Waals surface area contributed by atoms with Crippen LogP contribution in [-0.2, 0) is 23.4 Å². The highest BCUT2D eigenvalue weighted by Crippen LogP contribution is 2.70. The molecule has 0 aromatic heterocycles. The molecular weight excluding hydrogens is 980 g/mol. The molecule has 0 amide bonds. The van der Waals surface area contributed by atoms with E-state index in [1.54, 1.807) is 36.4 Å². The zero-order chi connectivity index (χ0) is 53.5. The average Bonchev–Trinajstić information content (AvgIpc) is 3.84. The Balaban J connectivity index is 0.000000167. The van der Waals surface area contributed by atoms with Crippen LogP contribution in [0.15, 0.2) is 58.3 Å². The molecule has 8 aliphatic rings. The van der Waals surface area contributed by atoms with Gasteiger partial charge in [-0.25, -0.2) is 8.42 Å². The highest BCUT2D eigenvalue weighted by atomic mass is 35.7. The van der Waals surface area contributed by atoms with Gasteiger partial charge in [0.05, 0.1) is 39.8 Å². The van der Waals surface area contributed by atoms with Gasteiger partial charge in [-0.05, 0) is 247 Å². The van der Waals surface area contributed by atoms with Gasteiger partial charge in [-0.15, -0.1) is 0 Å². The van der Waals surface area contributed by atoms with Gasteiger partial charge in [-0.3, -0.25) is 4.18 Å². The van der Waals surface area contributed by atoms with Gasteiger partial charge in [0, 0.05) is 17.3 Å². The third-order valence-electron chi connectivity index (χ3n) is 22.7. The van der Waals surface area contributed by atoms with Crippen LogP contribution in [0.4, 0.5) is 0 Å². The van der Waals surface area contributed by atoms with Crippen molar-refractivity contribution in [2.24, 2.45) is 92.7 Å². The van der Waals surface area contributed by atoms with E-state index in [4.69, 9.17) is 14.9 Å². The Kier molecular flexibility index (Phi) is 16.5. The maximum absolute atomic E-state index is 12.8. The molecule has 2 aromatic carbocycles. The van der Waals surface area contributed by atoms with Gasteiger partial charge < -0.3 is 25.5 Å². The van der Waals surface area contributed by atoms with E-state index in [9.17, 15) is 42.4 Å². The molecule has 0 heterocycles. The van der Waals surface area contributed by atoms with Crippen molar-refractivity contribution >= 4 is 29.9 Å². The highest BCUT2D eigenvalue weighted by Gasteiger charge is 2.66. The monoisotopic (exact) mass is 1070 g/mol. The topological polar surface area (TPSA) is 179 Å². The fraction of sp³-hybridized carbons (Fsp3) is 0.800. The van der Waals surface area contributed by atoms with E-state index in [1.807, 2.05) is 27.7 Å². The standard InChI is InChI=1S/C30H46O5S.C23H40O3.C7H7ClO2S/c1-19-6-9-22(10-7-19)36(33,34)35-18-20(2)24-12-13-25-23-11-8-21-16-28(3,32)14-15-29(21,4)27(23)26(31)17-30(24,25)5;1-14(13-24)17-7-8-18-16-6-5-15-11-21(2,26)9-10-22(15,3)20(16)19(25)12-23(17,18)4;1-6-2-4-7(5-3-6)11(8,9)10/h6-7,9-10,20-21,23-27,31-32H,8,11-18H2,1-5H3;14-20,24-26H,5-13H2,1-4H3;2-5H,1H3/t20-,21-,23+,24-,25+,26?,27-,28+,29+,30-;14-,15-,16+,17-,18+,19?,20-,21+,22+,23-;/m11./s1. The van der Waals surface area contributed by atoms with Crippen molar-refractivity contribution in [1.82, 2.24) is 0 Å². The summed E-state index contributed by atoms with van der Waals surface area (Å²) in [6, 6.07) is 13.2. The minimum absolute atomic E-state index is 0.000335. The normalized spacial score (nSPS) is 44.7. The van der Waals surface area contributed by atoms with Crippen molar-refractivity contribution in [3.05, 3.63) is 59.7 Å². The SMILES string of the molecule is C[C@H](CO)[C@H]1CC[C@H]2[C@@H]3CC[C@@H]4C[C@@](C)(O)CC[C@]4(C)[C@H]3C(O)C[C@]12C.Cc1ccc(S(=O)(=O)Cl)cc1.Cc1ccc(S(=O)(=O)OC[C@@H](C)[C@H]2CC[C@H]3[C@@H]4CC[C@@H]5C[C@@](C)(O)CC[C@]5(C)[C@H]4C(O)C[C@]23C)cc1. The summed E-state index contributed by atoms with van der Waals surface area (Å²) >= 11 is 0. The van der Waals surface area contributed by atoms with Crippen LogP contribution in [0.3, 0.4) is 0 Å². The van der Waals surface area contributed by atoms with Gasteiger partial charge in [-0.1, -0.05) is 76.9 Å². The summed E-state index contributed by atoms with van der Waals surface area (Å²) in [6.07, 6.45) is 16.1. The zero-order valence-corrected chi connectivity index (χ0v) is 48.3. The van der Waals surface area contributed by atoms with Gasteiger partial charge in [0.25, 0.3) is 19.2 Å². The maximum Gasteiger partial charge on any atom is 0.296 e. The summed E-state index contributed by atoms with van der Waals surface area (Å²) in [5, 5.41) is 54.2. The molecule has 8 saturated carbocycles. The predicted molar refractivity (Wildman–Crippen MR) is 288 cm³/mol. The molecule has 0 spiro atoms. The molecule has 13 heteroatoms. The lowest BCUT2D eigenvalue weighted by atomic mass is 9.43. The molecule has 0 saturated heterocycles. The molecule has 5 N–H and O–H groups in total. The Morgan fingerprint density at radius 3 is 1.36 bits per heavy atom. The Morgan fingerprint density at radius 1 is 0.562 bits per heavy atom. The van der Waals surface area contributed by atoms with Crippen molar-refractivity contribution < 1.29 is 46.6 Å². The molecule has 0 bridgehead atoms. The lowest BCUT2D eigenvalue weighted by Crippen LogP contribution is -2.60. The summed E-state index contributed by atoms with van der Waals surface area (Å²) in [5.74, 6) is 5.47. The van der Waals surface area contributed by atoms with Gasteiger partial charge in [0.2, 0.25) is 0 Å². The molecule has 412 valence electrons. The molecule has 8 aliphatic carbocycles. The maximum atomic E-state index is 12.8. The number of benzene rings is 2. The number of halogens is 1. The fourth-order valence-electron chi connectivity index (χ4n) is 19.0. The van der Waals surface area contributed by atoms with Crippen molar-refractivity contribution in [2.45, 2.75) is 205 Å². The molecule has 10 nitrogen and oxygen atoms in total. The Labute approximate surface area is 444 Å². The van der Waals surface area contributed by atoms with Crippen molar-refractivity contribution in [1.29, 1.82) is 0 Å². The lowest BCUT2D eigenvalue weighted by Gasteiger charge is -2.63. The van der Waals surface area contributed by atoms with Crippen LogP contribution in [0.2, 0.25) is 0 Å². The minimum Gasteiger partial charge on any atom is -0.396 e. The Bertz CT molecular complexity index is 2460. The van der Waals surface area contributed by atoms with Crippen LogP contribution in [0, 0.1) is 107 Å². The number of fused-ring (bicyclic) bond motifs is 10. The first kappa shape index (κ1) is 57.6. The smallest absolute Gasteiger partial charge is 0.296 e. The quantitative estimate of drug-likeness (QED) is 0.126. The van der Waals surface area contributed by atoms with Gasteiger partial charge in [-0.2, -0.15) is 8.42 Å². The van der Waals surface area contributed by atoms with E-state index in [0.29, 0.717) is 65.1 Å².